The van der Waals surface area contributed by atoms with E-state index in [0.29, 0.717) is 6.42 Å². The van der Waals surface area contributed by atoms with Crippen molar-refractivity contribution in [2.24, 2.45) is 22.2 Å². The fourth-order valence-electron chi connectivity index (χ4n) is 3.27. The lowest BCUT2D eigenvalue weighted by atomic mass is 10.1. The Morgan fingerprint density at radius 2 is 1.74 bits per heavy atom. The van der Waals surface area contributed by atoms with Crippen molar-refractivity contribution in [3.63, 3.8) is 0 Å². The van der Waals surface area contributed by atoms with Crippen molar-refractivity contribution in [3.05, 3.63) is 0 Å². The van der Waals surface area contributed by atoms with Crippen LogP contribution in [0, 0.1) is 0 Å². The van der Waals surface area contributed by atoms with Gasteiger partial charge in [0.25, 0.3) is 0 Å². The number of nitrogens with one attached hydrogen (secondary N) is 2. The summed E-state index contributed by atoms with van der Waals surface area (Å²) in [6, 6.07) is -5.17. The highest BCUT2D eigenvalue weighted by Gasteiger charge is 2.39. The van der Waals surface area contributed by atoms with Gasteiger partial charge in [-0.2, -0.15) is 0 Å². The van der Waals surface area contributed by atoms with E-state index in [-0.39, 0.29) is 50.7 Å². The molecule has 1 fully saturated rings. The van der Waals surface area contributed by atoms with E-state index in [0.717, 1.165) is 4.90 Å². The molecule has 0 radical (unpaired) electrons. The number of aliphatic hydroxyl groups excluding tert-OH is 1. The number of nitrogens with zero attached hydrogens (tertiary/aromatic N) is 2. The van der Waals surface area contributed by atoms with E-state index >= 15 is 0 Å². The number of guanidine groups is 1. The summed E-state index contributed by atoms with van der Waals surface area (Å²) in [6.45, 7) is -0.436. The predicted molar refractivity (Wildman–Crippen MR) is 121 cm³/mol. The van der Waals surface area contributed by atoms with Crippen LogP contribution in [0.4, 0.5) is 0 Å². The van der Waals surface area contributed by atoms with Crippen LogP contribution in [0.25, 0.3) is 0 Å². The molecule has 4 atom stereocenters. The van der Waals surface area contributed by atoms with E-state index in [2.05, 4.69) is 15.6 Å². The summed E-state index contributed by atoms with van der Waals surface area (Å²) in [5.74, 6) is -5.27. The summed E-state index contributed by atoms with van der Waals surface area (Å²) in [6.07, 6.45) is 0.184. The quantitative estimate of drug-likeness (QED) is 0.0679. The third kappa shape index (κ3) is 9.76. The molecule has 0 aliphatic carbocycles. The van der Waals surface area contributed by atoms with Gasteiger partial charge in [-0.1, -0.05) is 0 Å². The molecule has 15 nitrogen and oxygen atoms in total. The zero-order valence-corrected chi connectivity index (χ0v) is 19.2. The maximum absolute atomic E-state index is 12.9. The minimum absolute atomic E-state index is 0. The van der Waals surface area contributed by atoms with Crippen LogP contribution in [-0.2, 0) is 24.0 Å². The fraction of sp³-hybridized carbons (Fsp3) is 0.667. The Bertz CT molecular complexity index is 777. The molecule has 1 aliphatic rings. The second-order valence-electron chi connectivity index (χ2n) is 7.49. The highest BCUT2D eigenvalue weighted by molar-refractivity contribution is 5.96. The van der Waals surface area contributed by atoms with Crippen molar-refractivity contribution < 1.29 is 39.3 Å². The van der Waals surface area contributed by atoms with Gasteiger partial charge in [-0.3, -0.25) is 24.2 Å². The largest absolute Gasteiger partial charge is 0.481 e. The van der Waals surface area contributed by atoms with Crippen molar-refractivity contribution in [1.82, 2.24) is 15.5 Å². The molecule has 16 heteroatoms. The first-order valence-corrected chi connectivity index (χ1v) is 10.3. The van der Waals surface area contributed by atoms with Crippen LogP contribution in [-0.4, -0.2) is 99.7 Å². The summed E-state index contributed by atoms with van der Waals surface area (Å²) in [5.41, 5.74) is 15.8. The van der Waals surface area contributed by atoms with Crippen molar-refractivity contribution in [2.75, 3.05) is 19.7 Å². The molecule has 1 aliphatic heterocycles. The lowest BCUT2D eigenvalue weighted by molar-refractivity contribution is -0.147. The van der Waals surface area contributed by atoms with Gasteiger partial charge in [0.2, 0.25) is 17.7 Å². The summed E-state index contributed by atoms with van der Waals surface area (Å²) < 4.78 is 0. The fourth-order valence-corrected chi connectivity index (χ4v) is 3.27. The molecule has 1 rings (SSSR count). The molecule has 0 aromatic carbocycles. The van der Waals surface area contributed by atoms with Gasteiger partial charge >= 0.3 is 11.9 Å². The van der Waals surface area contributed by atoms with Crippen molar-refractivity contribution in [1.29, 1.82) is 0 Å². The first-order valence-electron chi connectivity index (χ1n) is 10.3. The van der Waals surface area contributed by atoms with E-state index in [1.807, 2.05) is 0 Å². The average Bonchev–Trinajstić information content (AvgIpc) is 3.23. The molecule has 194 valence electrons. The van der Waals surface area contributed by atoms with Crippen molar-refractivity contribution in [3.8, 4) is 0 Å². The van der Waals surface area contributed by atoms with Gasteiger partial charge in [0.1, 0.15) is 24.2 Å². The number of aliphatic hydroxyl groups is 1. The number of hydrogen-bond donors (Lipinski definition) is 8. The van der Waals surface area contributed by atoms with Crippen LogP contribution in [0.3, 0.4) is 0 Å². The Labute approximate surface area is 201 Å². The van der Waals surface area contributed by atoms with Crippen LogP contribution in [0.5, 0.6) is 0 Å². The minimum atomic E-state index is -1.52. The third-order valence-electron chi connectivity index (χ3n) is 4.93. The predicted octanol–water partition coefficient (Wildman–Crippen LogP) is -3.70. The summed E-state index contributed by atoms with van der Waals surface area (Å²) >= 11 is 0. The molecular formula is C18H32ClN7O8. The summed E-state index contributed by atoms with van der Waals surface area (Å²) in [7, 11) is 0. The number of nitrogens with two attached hydrogens (primary N) is 3. The van der Waals surface area contributed by atoms with Crippen LogP contribution >= 0.6 is 12.4 Å². The van der Waals surface area contributed by atoms with Gasteiger partial charge in [-0.15, -0.1) is 12.4 Å². The number of amides is 3. The monoisotopic (exact) mass is 509 g/mol. The van der Waals surface area contributed by atoms with E-state index in [1.54, 1.807) is 0 Å². The number of likely N-dealkylation sites (tertiary alicyclic amines) is 1. The molecule has 1 saturated heterocycles. The van der Waals surface area contributed by atoms with Gasteiger partial charge in [-0.05, 0) is 25.7 Å². The number of hydrogen-bond acceptors (Lipinski definition) is 8. The Morgan fingerprint density at radius 1 is 1.09 bits per heavy atom. The maximum atomic E-state index is 12.9. The van der Waals surface area contributed by atoms with E-state index in [1.165, 1.54) is 0 Å². The highest BCUT2D eigenvalue weighted by Crippen LogP contribution is 2.20. The number of aliphatic carboxylic acids is 2. The van der Waals surface area contributed by atoms with Gasteiger partial charge in [-0.25, -0.2) is 4.79 Å². The number of carbonyl (C=O) groups is 5. The van der Waals surface area contributed by atoms with Crippen LogP contribution < -0.4 is 27.8 Å². The Kier molecular flexibility index (Phi) is 13.5. The van der Waals surface area contributed by atoms with Gasteiger partial charge in [0.15, 0.2) is 5.96 Å². The number of rotatable bonds is 13. The lowest BCUT2D eigenvalue weighted by Gasteiger charge is -2.29. The molecule has 0 aromatic heterocycles. The first-order chi connectivity index (χ1) is 15.5. The minimum Gasteiger partial charge on any atom is -0.481 e. The highest BCUT2D eigenvalue weighted by atomic mass is 35.5. The van der Waals surface area contributed by atoms with Crippen molar-refractivity contribution in [2.45, 2.75) is 56.3 Å². The second kappa shape index (κ2) is 14.9. The van der Waals surface area contributed by atoms with Crippen LogP contribution in [0.1, 0.15) is 32.1 Å². The smallest absolute Gasteiger partial charge is 0.326 e. The average molecular weight is 510 g/mol. The Hall–Kier alpha value is -3.17. The van der Waals surface area contributed by atoms with Crippen LogP contribution in [0.15, 0.2) is 4.99 Å². The second-order valence-corrected chi connectivity index (χ2v) is 7.49. The zero-order chi connectivity index (χ0) is 25.1. The molecule has 0 unspecified atom stereocenters. The Balaban J connectivity index is 0.0000109. The zero-order valence-electron chi connectivity index (χ0n) is 18.4. The number of halogens is 1. The molecule has 1 heterocycles. The number of carboxylic acid groups (broad SMARTS) is 2. The van der Waals surface area contributed by atoms with Crippen LogP contribution in [0.2, 0.25) is 0 Å². The Morgan fingerprint density at radius 3 is 2.26 bits per heavy atom. The van der Waals surface area contributed by atoms with Gasteiger partial charge < -0.3 is 48.1 Å². The molecule has 11 N–H and O–H groups in total. The van der Waals surface area contributed by atoms with E-state index in [4.69, 9.17) is 27.4 Å². The number of aliphatic imine (C=N–C) groups is 1. The van der Waals surface area contributed by atoms with Gasteiger partial charge in [0.05, 0.1) is 13.0 Å². The molecule has 3 amide bonds. The molecule has 34 heavy (non-hydrogen) atoms. The standard InChI is InChI=1S/C18H31N7O8.ClH/c19-9(8-26)14(29)24-11(7-13(27)28)16(31)25-6-2-4-12(25)15(30)23-10(17(32)33)3-1-5-22-18(20)21;/h9-12,26H,1-8,19H2,(H,23,30)(H,24,29)(H,27,28)(H,32,33)(H4,20,21,22);1H/t9-,10-,11-,12-;/m0./s1. The summed E-state index contributed by atoms with van der Waals surface area (Å²) in [5, 5.41) is 32.0. The maximum Gasteiger partial charge on any atom is 0.326 e. The normalized spacial score (nSPS) is 17.5. The van der Waals surface area contributed by atoms with Crippen molar-refractivity contribution >= 4 is 48.0 Å². The molecule has 0 spiro atoms. The van der Waals surface area contributed by atoms with E-state index < -0.39 is 66.9 Å². The molecule has 0 aromatic rings. The van der Waals surface area contributed by atoms with E-state index in [9.17, 15) is 29.1 Å². The first kappa shape index (κ1) is 30.8. The molecule has 0 bridgehead atoms. The molecule has 0 saturated carbocycles. The molecular weight excluding hydrogens is 478 g/mol. The summed E-state index contributed by atoms with van der Waals surface area (Å²) in [4.78, 5) is 65.2. The van der Waals surface area contributed by atoms with Gasteiger partial charge in [0, 0.05) is 13.1 Å². The lowest BCUT2D eigenvalue weighted by Crippen LogP contribution is -2.57. The third-order valence-corrected chi connectivity index (χ3v) is 4.93. The number of carbonyl (C=O) groups excluding carboxylic acids is 3. The topological polar surface area (TPSA) is 264 Å². The SMILES string of the molecule is Cl.NC(N)=NCCC[C@H](NC(=O)[C@@H]1CCCN1C(=O)[C@H](CC(=O)O)NC(=O)[C@@H](N)CO)C(=O)O. The number of carboxylic acids is 2.